The monoisotopic (exact) mass is 320 g/mol. The molecule has 0 heterocycles. The zero-order valence-corrected chi connectivity index (χ0v) is 14.5. The van der Waals surface area contributed by atoms with Crippen molar-refractivity contribution in [2.24, 2.45) is 0 Å². The molecule has 0 spiro atoms. The van der Waals surface area contributed by atoms with Gasteiger partial charge < -0.3 is 9.79 Å². The first-order chi connectivity index (χ1) is 9.98. The third kappa shape index (κ3) is 14.5. The van der Waals surface area contributed by atoms with Crippen LogP contribution in [0.2, 0.25) is 0 Å². The van der Waals surface area contributed by atoms with Crippen LogP contribution in [0.1, 0.15) is 96.8 Å². The van der Waals surface area contributed by atoms with E-state index in [0.29, 0.717) is 6.42 Å². The van der Waals surface area contributed by atoms with Crippen LogP contribution in [0.4, 0.5) is 0 Å². The van der Waals surface area contributed by atoms with Crippen LogP contribution in [0.15, 0.2) is 0 Å². The van der Waals surface area contributed by atoms with Crippen LogP contribution in [-0.2, 0) is 9.36 Å². The van der Waals surface area contributed by atoms with Crippen LogP contribution in [0.25, 0.3) is 0 Å². The van der Waals surface area contributed by atoms with Crippen molar-refractivity contribution >= 4 is 13.1 Å². The van der Waals surface area contributed by atoms with Gasteiger partial charge in [0.1, 0.15) is 0 Å². The fourth-order valence-electron chi connectivity index (χ4n) is 2.44. The third-order valence-electron chi connectivity index (χ3n) is 3.82. The number of unbranched alkanes of at least 4 members (excludes halogenated alkanes) is 12. The van der Waals surface area contributed by atoms with Gasteiger partial charge >= 0.3 is 7.60 Å². The molecule has 0 aliphatic carbocycles. The molecule has 4 nitrogen and oxygen atoms in total. The number of carbonyl (C=O) groups is 1. The number of hydrogen-bond acceptors (Lipinski definition) is 2. The Kier molecular flexibility index (Phi) is 13.4. The highest BCUT2D eigenvalue weighted by atomic mass is 31.2. The Morgan fingerprint density at radius 1 is 0.714 bits per heavy atom. The van der Waals surface area contributed by atoms with Crippen LogP contribution in [0, 0.1) is 0 Å². The van der Waals surface area contributed by atoms with Crippen LogP contribution < -0.4 is 0 Å². The van der Waals surface area contributed by atoms with E-state index in [1.165, 1.54) is 64.2 Å². The molecule has 0 aliphatic heterocycles. The minimum Gasteiger partial charge on any atom is -0.319 e. The second kappa shape index (κ2) is 13.5. The van der Waals surface area contributed by atoms with E-state index in [1.54, 1.807) is 0 Å². The number of hydrogen-bond donors (Lipinski definition) is 2. The van der Waals surface area contributed by atoms with Gasteiger partial charge in [-0.05, 0) is 6.42 Å². The largest absolute Gasteiger partial charge is 0.391 e. The molecule has 0 fully saturated rings. The molecule has 0 saturated heterocycles. The molecular formula is C16H33O4P. The second-order valence-corrected chi connectivity index (χ2v) is 7.52. The smallest absolute Gasteiger partial charge is 0.319 e. The predicted octanol–water partition coefficient (Wildman–Crippen LogP) is 5.17. The van der Waals surface area contributed by atoms with Crippen molar-refractivity contribution in [2.45, 2.75) is 96.8 Å². The van der Waals surface area contributed by atoms with Gasteiger partial charge in [-0.2, -0.15) is 0 Å². The van der Waals surface area contributed by atoms with Gasteiger partial charge in [0.25, 0.3) is 0 Å². The quantitative estimate of drug-likeness (QED) is 0.322. The zero-order valence-electron chi connectivity index (χ0n) is 13.6. The zero-order chi connectivity index (χ0) is 16.0. The number of rotatable bonds is 15. The van der Waals surface area contributed by atoms with Gasteiger partial charge in [-0.25, -0.2) is 0 Å². The SMILES string of the molecule is CCCCCCCCCCCCCCCC(=O)P(=O)(O)O. The lowest BCUT2D eigenvalue weighted by atomic mass is 10.0. The van der Waals surface area contributed by atoms with E-state index in [-0.39, 0.29) is 6.42 Å². The topological polar surface area (TPSA) is 74.6 Å². The van der Waals surface area contributed by atoms with E-state index in [1.807, 2.05) is 0 Å². The summed E-state index contributed by atoms with van der Waals surface area (Å²) in [5, 5.41) is 0. The van der Waals surface area contributed by atoms with Crippen molar-refractivity contribution in [3.8, 4) is 0 Å². The highest BCUT2D eigenvalue weighted by Crippen LogP contribution is 2.37. The highest BCUT2D eigenvalue weighted by molar-refractivity contribution is 7.70. The summed E-state index contributed by atoms with van der Waals surface area (Å²) >= 11 is 0. The summed E-state index contributed by atoms with van der Waals surface area (Å²) in [5.41, 5.74) is -0.912. The molecule has 0 aliphatic rings. The molecule has 0 aromatic heterocycles. The third-order valence-corrected chi connectivity index (χ3v) is 4.69. The fraction of sp³-hybridized carbons (Fsp3) is 0.938. The first-order valence-electron chi connectivity index (χ1n) is 8.57. The maximum absolute atomic E-state index is 11.0. The van der Waals surface area contributed by atoms with E-state index >= 15 is 0 Å². The molecule has 0 aromatic rings. The van der Waals surface area contributed by atoms with Crippen LogP contribution in [0.3, 0.4) is 0 Å². The Morgan fingerprint density at radius 2 is 1.05 bits per heavy atom. The van der Waals surface area contributed by atoms with Gasteiger partial charge in [0, 0.05) is 6.42 Å². The lowest BCUT2D eigenvalue weighted by molar-refractivity contribution is -0.113. The summed E-state index contributed by atoms with van der Waals surface area (Å²) in [6, 6.07) is 0. The van der Waals surface area contributed by atoms with Gasteiger partial charge in [-0.1, -0.05) is 84.0 Å². The lowest BCUT2D eigenvalue weighted by Crippen LogP contribution is -1.98. The Bertz CT molecular complexity index is 299. The van der Waals surface area contributed by atoms with E-state index in [9.17, 15) is 9.36 Å². The van der Waals surface area contributed by atoms with Crippen molar-refractivity contribution < 1.29 is 19.1 Å². The van der Waals surface area contributed by atoms with Gasteiger partial charge in [0.2, 0.25) is 5.52 Å². The highest BCUT2D eigenvalue weighted by Gasteiger charge is 2.24. The van der Waals surface area contributed by atoms with Crippen LogP contribution in [-0.4, -0.2) is 15.3 Å². The van der Waals surface area contributed by atoms with Crippen LogP contribution in [0.5, 0.6) is 0 Å². The molecule has 0 rings (SSSR count). The number of carbonyl (C=O) groups excluding carboxylic acids is 1. The molecule has 5 heteroatoms. The fourth-order valence-corrected chi connectivity index (χ4v) is 2.89. The van der Waals surface area contributed by atoms with Crippen molar-refractivity contribution in [3.05, 3.63) is 0 Å². The summed E-state index contributed by atoms with van der Waals surface area (Å²) in [5.74, 6) is 0. The van der Waals surface area contributed by atoms with Crippen molar-refractivity contribution in [1.82, 2.24) is 0 Å². The summed E-state index contributed by atoms with van der Waals surface area (Å²) in [7, 11) is -4.48. The first-order valence-corrected chi connectivity index (χ1v) is 10.2. The second-order valence-electron chi connectivity index (χ2n) is 5.93. The summed E-state index contributed by atoms with van der Waals surface area (Å²) in [6.07, 6.45) is 15.7. The molecule has 0 aromatic carbocycles. The first kappa shape index (κ1) is 20.8. The molecular weight excluding hydrogens is 287 g/mol. The molecule has 21 heavy (non-hydrogen) atoms. The normalized spacial score (nSPS) is 11.8. The average Bonchev–Trinajstić information content (AvgIpc) is 2.42. The minimum atomic E-state index is -4.48. The van der Waals surface area contributed by atoms with Crippen molar-refractivity contribution in [2.75, 3.05) is 0 Å². The molecule has 0 unspecified atom stereocenters. The van der Waals surface area contributed by atoms with Crippen molar-refractivity contribution in [3.63, 3.8) is 0 Å². The maximum atomic E-state index is 11.0. The molecule has 0 amide bonds. The Hall–Kier alpha value is -0.180. The van der Waals surface area contributed by atoms with Gasteiger partial charge in [-0.3, -0.25) is 9.36 Å². The lowest BCUT2D eigenvalue weighted by Gasteiger charge is -2.04. The standard InChI is InChI=1S/C16H33O4P/c1-2-3-4-5-6-7-8-9-10-11-12-13-14-15-16(17)21(18,19)20/h2-15H2,1H3,(H2,18,19,20). The Balaban J connectivity index is 3.16. The van der Waals surface area contributed by atoms with Crippen molar-refractivity contribution in [1.29, 1.82) is 0 Å². The molecule has 2 N–H and O–H groups in total. The maximum Gasteiger partial charge on any atom is 0.391 e. The van der Waals surface area contributed by atoms with Crippen LogP contribution >= 0.6 is 7.60 Å². The molecule has 0 atom stereocenters. The minimum absolute atomic E-state index is 0.0159. The Morgan fingerprint density at radius 3 is 1.38 bits per heavy atom. The summed E-state index contributed by atoms with van der Waals surface area (Å²) < 4.78 is 10.6. The van der Waals surface area contributed by atoms with E-state index in [0.717, 1.165) is 12.8 Å². The van der Waals surface area contributed by atoms with Gasteiger partial charge in [0.15, 0.2) is 0 Å². The summed E-state index contributed by atoms with van der Waals surface area (Å²) in [6.45, 7) is 2.24. The van der Waals surface area contributed by atoms with Gasteiger partial charge in [0.05, 0.1) is 0 Å². The molecule has 126 valence electrons. The predicted molar refractivity (Wildman–Crippen MR) is 87.4 cm³/mol. The van der Waals surface area contributed by atoms with E-state index in [2.05, 4.69) is 6.92 Å². The molecule has 0 radical (unpaired) electrons. The van der Waals surface area contributed by atoms with E-state index in [4.69, 9.17) is 9.79 Å². The Labute approximate surface area is 129 Å². The molecule has 0 bridgehead atoms. The summed E-state index contributed by atoms with van der Waals surface area (Å²) in [4.78, 5) is 28.3. The molecule has 0 saturated carbocycles. The van der Waals surface area contributed by atoms with Gasteiger partial charge in [-0.15, -0.1) is 0 Å². The average molecular weight is 320 g/mol. The van der Waals surface area contributed by atoms with E-state index < -0.39 is 13.1 Å².